The molecule has 2 rings (SSSR count). The molecule has 0 aliphatic carbocycles. The van der Waals surface area contributed by atoms with Crippen LogP contribution < -0.4 is 19.1 Å². The van der Waals surface area contributed by atoms with E-state index in [0.29, 0.717) is 17.9 Å². The highest BCUT2D eigenvalue weighted by Crippen LogP contribution is 2.31. The van der Waals surface area contributed by atoms with Crippen LogP contribution in [0.3, 0.4) is 0 Å². The molecule has 1 amide bonds. The fourth-order valence-corrected chi connectivity index (χ4v) is 4.38. The maximum Gasteiger partial charge on any atom is 0.244 e. The number of amides is 1. The highest BCUT2D eigenvalue weighted by Gasteiger charge is 2.31. The number of anilines is 1. The largest absolute Gasteiger partial charge is 0.493 e. The van der Waals surface area contributed by atoms with Gasteiger partial charge in [0.25, 0.3) is 0 Å². The molecule has 170 valence electrons. The van der Waals surface area contributed by atoms with Crippen molar-refractivity contribution in [3.8, 4) is 11.5 Å². The van der Waals surface area contributed by atoms with Crippen LogP contribution in [0.5, 0.6) is 11.5 Å². The van der Waals surface area contributed by atoms with Gasteiger partial charge in [0.15, 0.2) is 23.1 Å². The first kappa shape index (κ1) is 24.4. The van der Waals surface area contributed by atoms with E-state index < -0.39 is 39.6 Å². The molecule has 10 heteroatoms. The smallest absolute Gasteiger partial charge is 0.244 e. The van der Waals surface area contributed by atoms with Crippen molar-refractivity contribution in [2.75, 3.05) is 24.8 Å². The molecule has 0 radical (unpaired) electrons. The Bertz CT molecular complexity index is 1050. The van der Waals surface area contributed by atoms with Gasteiger partial charge in [-0.15, -0.1) is 0 Å². The Hall–Kier alpha value is -2.88. The lowest BCUT2D eigenvalue weighted by molar-refractivity contribution is -0.122. The van der Waals surface area contributed by atoms with Crippen LogP contribution in [0, 0.1) is 11.6 Å². The van der Waals surface area contributed by atoms with Crippen molar-refractivity contribution in [3.63, 3.8) is 0 Å². The first-order valence-electron chi connectivity index (χ1n) is 9.50. The Morgan fingerprint density at radius 3 is 2.23 bits per heavy atom. The number of methoxy groups -OCH3 is 2. The Labute approximate surface area is 181 Å². The molecule has 1 N–H and O–H groups in total. The average molecular weight is 457 g/mol. The minimum absolute atomic E-state index is 0.150. The van der Waals surface area contributed by atoms with E-state index in [4.69, 9.17) is 9.47 Å². The van der Waals surface area contributed by atoms with E-state index in [2.05, 4.69) is 5.32 Å². The van der Waals surface area contributed by atoms with Crippen molar-refractivity contribution < 1.29 is 31.5 Å². The Balaban J connectivity index is 2.33. The van der Waals surface area contributed by atoms with Gasteiger partial charge in [0.2, 0.25) is 15.9 Å². The number of sulfonamides is 1. The van der Waals surface area contributed by atoms with Crippen LogP contribution in [0.2, 0.25) is 0 Å². The molecule has 0 spiro atoms. The molecular formula is C21H26F2N2O5S. The Morgan fingerprint density at radius 1 is 1.06 bits per heavy atom. The SMILES string of the molecule is CC[C@H](NC(=O)[C@H](C)N(c1ccc(F)c(F)c1)S(C)(=O)=O)c1ccc(OC)c(OC)c1. The minimum Gasteiger partial charge on any atom is -0.493 e. The summed E-state index contributed by atoms with van der Waals surface area (Å²) in [5.41, 5.74) is 0.586. The van der Waals surface area contributed by atoms with Crippen LogP contribution in [-0.2, 0) is 14.8 Å². The van der Waals surface area contributed by atoms with Crippen LogP contribution in [0.25, 0.3) is 0 Å². The van der Waals surface area contributed by atoms with Gasteiger partial charge in [0.1, 0.15) is 6.04 Å². The third kappa shape index (κ3) is 5.63. The molecule has 2 atom stereocenters. The van der Waals surface area contributed by atoms with Crippen LogP contribution in [0.1, 0.15) is 31.9 Å². The van der Waals surface area contributed by atoms with E-state index in [0.717, 1.165) is 34.3 Å². The zero-order chi connectivity index (χ0) is 23.3. The molecule has 0 aliphatic heterocycles. The quantitative estimate of drug-likeness (QED) is 0.625. The molecule has 0 fully saturated rings. The first-order chi connectivity index (χ1) is 14.5. The molecule has 7 nitrogen and oxygen atoms in total. The molecule has 31 heavy (non-hydrogen) atoms. The lowest BCUT2D eigenvalue weighted by Gasteiger charge is -2.30. The lowest BCUT2D eigenvalue weighted by atomic mass is 10.0. The summed E-state index contributed by atoms with van der Waals surface area (Å²) in [4.78, 5) is 12.9. The van der Waals surface area contributed by atoms with Crippen molar-refractivity contribution >= 4 is 21.6 Å². The molecule has 0 aliphatic rings. The van der Waals surface area contributed by atoms with Gasteiger partial charge in [0.05, 0.1) is 32.2 Å². The third-order valence-corrected chi connectivity index (χ3v) is 6.02. The van der Waals surface area contributed by atoms with E-state index in [-0.39, 0.29) is 5.69 Å². The van der Waals surface area contributed by atoms with Crippen molar-refractivity contribution in [1.82, 2.24) is 5.32 Å². The molecule has 2 aromatic rings. The van der Waals surface area contributed by atoms with E-state index >= 15 is 0 Å². The Morgan fingerprint density at radius 2 is 1.71 bits per heavy atom. The van der Waals surface area contributed by atoms with Gasteiger partial charge in [-0.05, 0) is 43.2 Å². The standard InChI is InChI=1S/C21H26F2N2O5S/c1-6-18(14-7-10-19(29-3)20(11-14)30-4)24-21(26)13(2)25(31(5,27)28)15-8-9-16(22)17(23)12-15/h7-13,18H,6H2,1-5H3,(H,24,26)/t13-,18-/m0/s1. The predicted octanol–water partition coefficient (Wildman–Crippen LogP) is 3.40. The number of hydrogen-bond donors (Lipinski definition) is 1. The van der Waals surface area contributed by atoms with Crippen molar-refractivity contribution in [1.29, 1.82) is 0 Å². The normalized spacial score (nSPS) is 13.3. The van der Waals surface area contributed by atoms with Gasteiger partial charge in [-0.3, -0.25) is 9.10 Å². The summed E-state index contributed by atoms with van der Waals surface area (Å²) in [5.74, 6) is -1.91. The number of carbonyl (C=O) groups excluding carboxylic acids is 1. The average Bonchev–Trinajstić information content (AvgIpc) is 2.72. The number of halogens is 2. The molecule has 0 unspecified atom stereocenters. The van der Waals surface area contributed by atoms with Crippen LogP contribution in [0.4, 0.5) is 14.5 Å². The maximum absolute atomic E-state index is 13.7. The monoisotopic (exact) mass is 456 g/mol. The molecule has 0 heterocycles. The zero-order valence-corrected chi connectivity index (χ0v) is 18.8. The summed E-state index contributed by atoms with van der Waals surface area (Å²) < 4.78 is 63.0. The molecule has 0 aromatic heterocycles. The summed E-state index contributed by atoms with van der Waals surface area (Å²) in [6, 6.07) is 6.20. The second-order valence-corrected chi connectivity index (χ2v) is 8.78. The van der Waals surface area contributed by atoms with E-state index in [1.165, 1.54) is 21.1 Å². The fraction of sp³-hybridized carbons (Fsp3) is 0.381. The van der Waals surface area contributed by atoms with Gasteiger partial charge in [0, 0.05) is 6.07 Å². The number of carbonyl (C=O) groups is 1. The first-order valence-corrected chi connectivity index (χ1v) is 11.3. The molecule has 0 bridgehead atoms. The predicted molar refractivity (Wildman–Crippen MR) is 114 cm³/mol. The van der Waals surface area contributed by atoms with Gasteiger partial charge in [-0.2, -0.15) is 0 Å². The minimum atomic E-state index is -3.97. The number of benzene rings is 2. The van der Waals surface area contributed by atoms with Crippen molar-refractivity contribution in [3.05, 3.63) is 53.6 Å². The number of ether oxygens (including phenoxy) is 2. The number of nitrogens with one attached hydrogen (secondary N) is 1. The van der Waals surface area contributed by atoms with Gasteiger partial charge in [-0.25, -0.2) is 17.2 Å². The molecule has 2 aromatic carbocycles. The van der Waals surface area contributed by atoms with E-state index in [9.17, 15) is 22.0 Å². The molecule has 0 saturated carbocycles. The topological polar surface area (TPSA) is 84.9 Å². The number of nitrogens with zero attached hydrogens (tertiary/aromatic N) is 1. The van der Waals surface area contributed by atoms with Crippen LogP contribution in [0.15, 0.2) is 36.4 Å². The van der Waals surface area contributed by atoms with E-state index in [1.54, 1.807) is 18.2 Å². The van der Waals surface area contributed by atoms with Crippen LogP contribution >= 0.6 is 0 Å². The van der Waals surface area contributed by atoms with Gasteiger partial charge in [-0.1, -0.05) is 13.0 Å². The summed E-state index contributed by atoms with van der Waals surface area (Å²) in [6.07, 6.45) is 1.40. The summed E-state index contributed by atoms with van der Waals surface area (Å²) in [7, 11) is -0.966. The van der Waals surface area contributed by atoms with Gasteiger partial charge < -0.3 is 14.8 Å². The summed E-state index contributed by atoms with van der Waals surface area (Å²) in [6.45, 7) is 3.23. The second kappa shape index (κ2) is 9.95. The lowest BCUT2D eigenvalue weighted by Crippen LogP contribution is -2.48. The molecule has 0 saturated heterocycles. The van der Waals surface area contributed by atoms with Crippen molar-refractivity contribution in [2.24, 2.45) is 0 Å². The Kier molecular flexibility index (Phi) is 7.83. The zero-order valence-electron chi connectivity index (χ0n) is 18.0. The van der Waals surface area contributed by atoms with Gasteiger partial charge >= 0.3 is 0 Å². The number of hydrogen-bond acceptors (Lipinski definition) is 5. The number of rotatable bonds is 9. The maximum atomic E-state index is 13.7. The highest BCUT2D eigenvalue weighted by molar-refractivity contribution is 7.92. The van der Waals surface area contributed by atoms with Crippen LogP contribution in [-0.4, -0.2) is 40.8 Å². The third-order valence-electron chi connectivity index (χ3n) is 4.78. The van der Waals surface area contributed by atoms with E-state index in [1.807, 2.05) is 6.92 Å². The van der Waals surface area contributed by atoms with Crippen molar-refractivity contribution in [2.45, 2.75) is 32.4 Å². The summed E-state index contributed by atoms with van der Waals surface area (Å²) >= 11 is 0. The fourth-order valence-electron chi connectivity index (χ4n) is 3.21. The second-order valence-electron chi connectivity index (χ2n) is 6.92. The summed E-state index contributed by atoms with van der Waals surface area (Å²) in [5, 5.41) is 2.81. The highest BCUT2D eigenvalue weighted by atomic mass is 32.2. The molecular weight excluding hydrogens is 430 g/mol.